The van der Waals surface area contributed by atoms with Gasteiger partial charge in [-0.05, 0) is 34.7 Å². The van der Waals surface area contributed by atoms with Gasteiger partial charge in [-0.3, -0.25) is 0 Å². The van der Waals surface area contributed by atoms with Gasteiger partial charge in [-0.1, -0.05) is 84.0 Å². The SMILES string of the molecule is C[C@@H](c1ccc2c(ccn2C)c1)[Si](c1ccccc1)c1ccccc1. The number of aryl methyl sites for hydroxylation is 1. The van der Waals surface area contributed by atoms with Gasteiger partial charge in [0.25, 0.3) is 0 Å². The van der Waals surface area contributed by atoms with Gasteiger partial charge >= 0.3 is 0 Å². The van der Waals surface area contributed by atoms with E-state index >= 15 is 0 Å². The zero-order chi connectivity index (χ0) is 17.2. The fraction of sp³-hybridized carbons (Fsp3) is 0.130. The first kappa shape index (κ1) is 15.9. The van der Waals surface area contributed by atoms with Crippen molar-refractivity contribution in [2.45, 2.75) is 12.5 Å². The van der Waals surface area contributed by atoms with Gasteiger partial charge in [-0.2, -0.15) is 0 Å². The fourth-order valence-corrected chi connectivity index (χ4v) is 6.59. The first-order chi connectivity index (χ1) is 12.2. The second-order valence-electron chi connectivity index (χ2n) is 6.61. The Labute approximate surface area is 151 Å². The Hall–Kier alpha value is -2.58. The average Bonchev–Trinajstić information content (AvgIpc) is 3.04. The summed E-state index contributed by atoms with van der Waals surface area (Å²) < 4.78 is 2.18. The molecule has 0 N–H and O–H groups in total. The molecule has 1 nitrogen and oxygen atoms in total. The van der Waals surface area contributed by atoms with E-state index in [0.29, 0.717) is 5.54 Å². The molecule has 0 saturated heterocycles. The van der Waals surface area contributed by atoms with Crippen LogP contribution < -0.4 is 10.4 Å². The van der Waals surface area contributed by atoms with E-state index in [4.69, 9.17) is 0 Å². The maximum atomic E-state index is 2.39. The number of aromatic nitrogens is 1. The number of fused-ring (bicyclic) bond motifs is 1. The maximum Gasteiger partial charge on any atom is 0.128 e. The van der Waals surface area contributed by atoms with Gasteiger partial charge in [0, 0.05) is 18.8 Å². The van der Waals surface area contributed by atoms with Gasteiger partial charge in [0.15, 0.2) is 0 Å². The minimum Gasteiger partial charge on any atom is -0.351 e. The predicted octanol–water partition coefficient (Wildman–Crippen LogP) is 4.13. The summed E-state index contributed by atoms with van der Waals surface area (Å²) in [5, 5.41) is 4.27. The lowest BCUT2D eigenvalue weighted by Gasteiger charge is -2.24. The highest BCUT2D eigenvalue weighted by molar-refractivity contribution is 6.86. The lowest BCUT2D eigenvalue weighted by Crippen LogP contribution is -2.46. The van der Waals surface area contributed by atoms with E-state index in [1.807, 2.05) is 0 Å². The van der Waals surface area contributed by atoms with Crippen LogP contribution in [0.25, 0.3) is 10.9 Å². The normalized spacial score (nSPS) is 12.6. The first-order valence-corrected chi connectivity index (χ1v) is 10.3. The third kappa shape index (κ3) is 3.05. The summed E-state index contributed by atoms with van der Waals surface area (Å²) in [7, 11) is 1.21. The van der Waals surface area contributed by atoms with E-state index in [2.05, 4.69) is 110 Å². The molecule has 0 aliphatic rings. The predicted molar refractivity (Wildman–Crippen MR) is 109 cm³/mol. The van der Waals surface area contributed by atoms with Crippen molar-refractivity contribution >= 4 is 30.1 Å². The van der Waals surface area contributed by atoms with Crippen LogP contribution in [-0.2, 0) is 7.05 Å². The van der Waals surface area contributed by atoms with Crippen LogP contribution in [0.3, 0.4) is 0 Å². The summed E-state index contributed by atoms with van der Waals surface area (Å²) in [5.41, 5.74) is 3.23. The molecule has 1 radical (unpaired) electrons. The first-order valence-electron chi connectivity index (χ1n) is 8.77. The molecule has 0 aliphatic heterocycles. The molecule has 0 bridgehead atoms. The second kappa shape index (κ2) is 6.73. The molecule has 123 valence electrons. The van der Waals surface area contributed by atoms with Crippen molar-refractivity contribution in [1.29, 1.82) is 0 Å². The number of rotatable bonds is 4. The van der Waals surface area contributed by atoms with E-state index in [0.717, 1.165) is 0 Å². The van der Waals surface area contributed by atoms with E-state index in [-0.39, 0.29) is 0 Å². The van der Waals surface area contributed by atoms with Gasteiger partial charge < -0.3 is 4.57 Å². The van der Waals surface area contributed by atoms with Crippen molar-refractivity contribution < 1.29 is 0 Å². The summed E-state index contributed by atoms with van der Waals surface area (Å²) in [6.45, 7) is 2.39. The molecule has 1 heterocycles. The lowest BCUT2D eigenvalue weighted by molar-refractivity contribution is 0.968. The smallest absolute Gasteiger partial charge is 0.128 e. The molecule has 0 amide bonds. The highest BCUT2D eigenvalue weighted by atomic mass is 28.3. The maximum absolute atomic E-state index is 2.39. The van der Waals surface area contributed by atoms with Crippen molar-refractivity contribution in [3.8, 4) is 0 Å². The Morgan fingerprint density at radius 1 is 0.760 bits per heavy atom. The van der Waals surface area contributed by atoms with Crippen LogP contribution in [-0.4, -0.2) is 13.4 Å². The molecule has 4 aromatic rings. The molecule has 0 saturated carbocycles. The molecule has 0 unspecified atom stereocenters. The van der Waals surface area contributed by atoms with E-state index in [1.165, 1.54) is 26.8 Å². The Morgan fingerprint density at radius 3 is 1.96 bits per heavy atom. The Kier molecular flexibility index (Phi) is 4.29. The van der Waals surface area contributed by atoms with Crippen LogP contribution in [0, 0.1) is 0 Å². The highest BCUT2D eigenvalue weighted by Gasteiger charge is 2.25. The Balaban J connectivity index is 1.80. The molecule has 0 spiro atoms. The van der Waals surface area contributed by atoms with Crippen molar-refractivity contribution in [2.24, 2.45) is 7.05 Å². The zero-order valence-electron chi connectivity index (χ0n) is 14.7. The van der Waals surface area contributed by atoms with Gasteiger partial charge in [-0.25, -0.2) is 0 Å². The lowest BCUT2D eigenvalue weighted by atomic mass is 10.1. The van der Waals surface area contributed by atoms with Crippen molar-refractivity contribution in [3.05, 3.63) is 96.7 Å². The monoisotopic (exact) mass is 340 g/mol. The zero-order valence-corrected chi connectivity index (χ0v) is 15.7. The van der Waals surface area contributed by atoms with Crippen molar-refractivity contribution in [2.75, 3.05) is 0 Å². The third-order valence-corrected chi connectivity index (χ3v) is 8.12. The topological polar surface area (TPSA) is 4.93 Å². The summed E-state index contributed by atoms with van der Waals surface area (Å²) >= 11 is 0. The van der Waals surface area contributed by atoms with Crippen LogP contribution in [0.15, 0.2) is 91.1 Å². The minimum absolute atomic E-state index is 0.499. The van der Waals surface area contributed by atoms with Crippen molar-refractivity contribution in [3.63, 3.8) is 0 Å². The van der Waals surface area contributed by atoms with Crippen LogP contribution in [0.2, 0.25) is 0 Å². The van der Waals surface area contributed by atoms with Gasteiger partial charge in [-0.15, -0.1) is 0 Å². The molecule has 1 atom stereocenters. The summed E-state index contributed by atoms with van der Waals surface area (Å²) in [6, 6.07) is 31.2. The van der Waals surface area contributed by atoms with Gasteiger partial charge in [0.1, 0.15) is 8.80 Å². The molecule has 0 fully saturated rings. The molecule has 4 rings (SSSR count). The van der Waals surface area contributed by atoms with Crippen LogP contribution in [0.1, 0.15) is 18.0 Å². The van der Waals surface area contributed by atoms with Crippen LogP contribution in [0.4, 0.5) is 0 Å². The highest BCUT2D eigenvalue weighted by Crippen LogP contribution is 2.24. The largest absolute Gasteiger partial charge is 0.351 e. The molecule has 2 heteroatoms. The number of nitrogens with zero attached hydrogens (tertiary/aromatic N) is 1. The van der Waals surface area contributed by atoms with Gasteiger partial charge in [0.2, 0.25) is 0 Å². The van der Waals surface area contributed by atoms with E-state index in [9.17, 15) is 0 Å². The molecule has 1 aromatic heterocycles. The standard InChI is InChI=1S/C23H22NSi/c1-18(19-13-14-23-20(17-19)15-16-24(23)2)25(21-9-5-3-6-10-21)22-11-7-4-8-12-22/h3-18H,1-2H3/t18-/m0/s1. The van der Waals surface area contributed by atoms with E-state index in [1.54, 1.807) is 0 Å². The number of hydrogen-bond donors (Lipinski definition) is 0. The summed E-state index contributed by atoms with van der Waals surface area (Å²) in [4.78, 5) is 0. The number of hydrogen-bond acceptors (Lipinski definition) is 0. The molecule has 25 heavy (non-hydrogen) atoms. The van der Waals surface area contributed by atoms with Crippen LogP contribution in [0.5, 0.6) is 0 Å². The Morgan fingerprint density at radius 2 is 1.36 bits per heavy atom. The minimum atomic E-state index is -0.898. The quantitative estimate of drug-likeness (QED) is 0.492. The third-order valence-electron chi connectivity index (χ3n) is 5.01. The molecular weight excluding hydrogens is 318 g/mol. The molecule has 0 aliphatic carbocycles. The van der Waals surface area contributed by atoms with E-state index < -0.39 is 8.80 Å². The number of benzene rings is 3. The average molecular weight is 341 g/mol. The molecular formula is C23H22NSi. The van der Waals surface area contributed by atoms with Gasteiger partial charge in [0.05, 0.1) is 0 Å². The van der Waals surface area contributed by atoms with Crippen molar-refractivity contribution in [1.82, 2.24) is 4.57 Å². The van der Waals surface area contributed by atoms with Crippen LogP contribution >= 0.6 is 0 Å². The summed E-state index contributed by atoms with van der Waals surface area (Å²) in [6.07, 6.45) is 2.14. The summed E-state index contributed by atoms with van der Waals surface area (Å²) in [5.74, 6) is 0. The molecule has 3 aromatic carbocycles. The second-order valence-corrected chi connectivity index (χ2v) is 9.46. The fourth-order valence-electron chi connectivity index (χ4n) is 3.64. The Bertz CT molecular complexity index is 933.